The van der Waals surface area contributed by atoms with E-state index in [-0.39, 0.29) is 0 Å². The highest BCUT2D eigenvalue weighted by Crippen LogP contribution is 2.16. The third kappa shape index (κ3) is 5.20. The zero-order valence-electron chi connectivity index (χ0n) is 15.1. The summed E-state index contributed by atoms with van der Waals surface area (Å²) < 4.78 is 0. The van der Waals surface area contributed by atoms with Crippen molar-refractivity contribution in [2.75, 3.05) is 23.8 Å². The molecule has 0 amide bonds. The van der Waals surface area contributed by atoms with Crippen LogP contribution in [0.5, 0.6) is 0 Å². The van der Waals surface area contributed by atoms with E-state index in [1.54, 1.807) is 0 Å². The third-order valence-electron chi connectivity index (χ3n) is 4.10. The van der Waals surface area contributed by atoms with Gasteiger partial charge >= 0.3 is 0 Å². The number of hydrogen-bond acceptors (Lipinski definition) is 4. The monoisotopic (exact) mass is 366 g/mol. The van der Waals surface area contributed by atoms with Gasteiger partial charge in [-0.15, -0.1) is 0 Å². The summed E-state index contributed by atoms with van der Waals surface area (Å²) in [6.45, 7) is 3.57. The summed E-state index contributed by atoms with van der Waals surface area (Å²) in [5, 5.41) is 4.08. The second-order valence-corrected chi connectivity index (χ2v) is 6.77. The molecule has 0 aliphatic carbocycles. The number of benzene rings is 2. The molecule has 0 saturated heterocycles. The molecule has 3 aromatic rings. The number of hydrogen-bond donors (Lipinski definition) is 1. The number of anilines is 2. The highest BCUT2D eigenvalue weighted by atomic mass is 35.5. The summed E-state index contributed by atoms with van der Waals surface area (Å²) in [6.07, 6.45) is 0.893. The molecule has 1 aromatic heterocycles. The molecule has 0 saturated carbocycles. The molecule has 1 heterocycles. The molecule has 0 atom stereocenters. The van der Waals surface area contributed by atoms with E-state index in [1.807, 2.05) is 50.4 Å². The van der Waals surface area contributed by atoms with Gasteiger partial charge < -0.3 is 10.2 Å². The fourth-order valence-corrected chi connectivity index (χ4v) is 2.86. The number of nitrogens with one attached hydrogen (secondary N) is 1. The number of nitrogens with zero attached hydrogens (tertiary/aromatic N) is 3. The van der Waals surface area contributed by atoms with Gasteiger partial charge in [0, 0.05) is 36.9 Å². The van der Waals surface area contributed by atoms with Gasteiger partial charge in [0.15, 0.2) is 0 Å². The maximum Gasteiger partial charge on any atom is 0.224 e. The second kappa shape index (κ2) is 8.68. The van der Waals surface area contributed by atoms with E-state index in [1.165, 1.54) is 11.1 Å². The maximum absolute atomic E-state index is 5.92. The van der Waals surface area contributed by atoms with Crippen LogP contribution < -0.4 is 10.2 Å². The Bertz CT molecular complexity index is 834. The number of aryl methyl sites for hydroxylation is 1. The van der Waals surface area contributed by atoms with Crippen molar-refractivity contribution in [3.8, 4) is 0 Å². The normalized spacial score (nSPS) is 10.6. The lowest BCUT2D eigenvalue weighted by atomic mass is 10.1. The molecule has 26 heavy (non-hydrogen) atoms. The Labute approximate surface area is 159 Å². The molecular weight excluding hydrogens is 344 g/mol. The first-order valence-corrected chi connectivity index (χ1v) is 9.07. The summed E-state index contributed by atoms with van der Waals surface area (Å²) >= 11 is 5.92. The molecule has 0 radical (unpaired) electrons. The molecule has 0 bridgehead atoms. The van der Waals surface area contributed by atoms with Crippen LogP contribution >= 0.6 is 11.6 Å². The Morgan fingerprint density at radius 3 is 2.42 bits per heavy atom. The van der Waals surface area contributed by atoms with Crippen LogP contribution in [0.15, 0.2) is 60.7 Å². The standard InChI is InChI=1S/C21H23ClN4/c1-16-14-20(26(2)15-18-6-4-3-5-7-18)25-21(24-16)23-13-12-17-8-10-19(22)11-9-17/h3-11,14H,12-13,15H2,1-2H3,(H,23,24,25). The van der Waals surface area contributed by atoms with Crippen molar-refractivity contribution in [2.45, 2.75) is 19.9 Å². The lowest BCUT2D eigenvalue weighted by molar-refractivity contribution is 0.881. The largest absolute Gasteiger partial charge is 0.355 e. The van der Waals surface area contributed by atoms with Crippen LogP contribution in [0, 0.1) is 6.92 Å². The first-order valence-electron chi connectivity index (χ1n) is 8.69. The second-order valence-electron chi connectivity index (χ2n) is 6.34. The lowest BCUT2D eigenvalue weighted by Gasteiger charge is -2.19. The minimum absolute atomic E-state index is 0.661. The molecule has 4 nitrogen and oxygen atoms in total. The Balaban J connectivity index is 1.62. The fourth-order valence-electron chi connectivity index (χ4n) is 2.73. The van der Waals surface area contributed by atoms with Crippen LogP contribution in [-0.2, 0) is 13.0 Å². The van der Waals surface area contributed by atoms with E-state index < -0.39 is 0 Å². The Morgan fingerprint density at radius 1 is 0.962 bits per heavy atom. The van der Waals surface area contributed by atoms with Crippen molar-refractivity contribution in [1.29, 1.82) is 0 Å². The van der Waals surface area contributed by atoms with Crippen molar-refractivity contribution in [3.05, 3.63) is 82.5 Å². The number of halogens is 1. The molecule has 0 aliphatic rings. The van der Waals surface area contributed by atoms with Crippen LogP contribution in [0.4, 0.5) is 11.8 Å². The topological polar surface area (TPSA) is 41.1 Å². The lowest BCUT2D eigenvalue weighted by Crippen LogP contribution is -2.19. The van der Waals surface area contributed by atoms with Gasteiger partial charge in [-0.3, -0.25) is 0 Å². The first-order chi connectivity index (χ1) is 12.6. The minimum atomic E-state index is 0.661. The van der Waals surface area contributed by atoms with E-state index in [2.05, 4.69) is 44.5 Å². The molecular formula is C21H23ClN4. The Kier molecular flexibility index (Phi) is 6.08. The van der Waals surface area contributed by atoms with E-state index >= 15 is 0 Å². The smallest absolute Gasteiger partial charge is 0.224 e. The molecule has 0 spiro atoms. The fraction of sp³-hybridized carbons (Fsp3) is 0.238. The van der Waals surface area contributed by atoms with Gasteiger partial charge in [0.25, 0.3) is 0 Å². The highest BCUT2D eigenvalue weighted by molar-refractivity contribution is 6.30. The summed E-state index contributed by atoms with van der Waals surface area (Å²) in [4.78, 5) is 11.3. The number of aromatic nitrogens is 2. The summed E-state index contributed by atoms with van der Waals surface area (Å²) in [5.74, 6) is 1.57. The zero-order chi connectivity index (χ0) is 18.4. The minimum Gasteiger partial charge on any atom is -0.355 e. The molecule has 134 valence electrons. The van der Waals surface area contributed by atoms with E-state index in [0.717, 1.165) is 36.0 Å². The molecule has 0 fully saturated rings. The van der Waals surface area contributed by atoms with E-state index in [4.69, 9.17) is 11.6 Å². The predicted molar refractivity (Wildman–Crippen MR) is 109 cm³/mol. The van der Waals surface area contributed by atoms with E-state index in [0.29, 0.717) is 5.95 Å². The summed E-state index contributed by atoms with van der Waals surface area (Å²) in [7, 11) is 2.05. The maximum atomic E-state index is 5.92. The molecule has 2 aromatic carbocycles. The first kappa shape index (κ1) is 18.2. The Hall–Kier alpha value is -2.59. The van der Waals surface area contributed by atoms with Crippen molar-refractivity contribution in [3.63, 3.8) is 0 Å². The van der Waals surface area contributed by atoms with Crippen LogP contribution in [0.25, 0.3) is 0 Å². The molecule has 5 heteroatoms. The summed E-state index contributed by atoms with van der Waals surface area (Å²) in [5.41, 5.74) is 3.43. The molecule has 0 unspecified atom stereocenters. The average molecular weight is 367 g/mol. The Morgan fingerprint density at radius 2 is 1.69 bits per heavy atom. The van der Waals surface area contributed by atoms with Crippen LogP contribution in [-0.4, -0.2) is 23.6 Å². The van der Waals surface area contributed by atoms with Crippen molar-refractivity contribution >= 4 is 23.4 Å². The van der Waals surface area contributed by atoms with E-state index in [9.17, 15) is 0 Å². The third-order valence-corrected chi connectivity index (χ3v) is 4.36. The van der Waals surface area contributed by atoms with Crippen molar-refractivity contribution < 1.29 is 0 Å². The van der Waals surface area contributed by atoms with Gasteiger partial charge in [0.05, 0.1) is 0 Å². The van der Waals surface area contributed by atoms with Gasteiger partial charge in [0.1, 0.15) is 5.82 Å². The quantitative estimate of drug-likeness (QED) is 0.656. The predicted octanol–water partition coefficient (Wildman–Crippen LogP) is 4.73. The number of rotatable bonds is 7. The van der Waals surface area contributed by atoms with Gasteiger partial charge in [-0.1, -0.05) is 54.1 Å². The molecule has 1 N–H and O–H groups in total. The molecule has 3 rings (SSSR count). The van der Waals surface area contributed by atoms with Crippen LogP contribution in [0.1, 0.15) is 16.8 Å². The molecule has 0 aliphatic heterocycles. The van der Waals surface area contributed by atoms with Crippen molar-refractivity contribution in [1.82, 2.24) is 9.97 Å². The highest BCUT2D eigenvalue weighted by Gasteiger charge is 2.07. The van der Waals surface area contributed by atoms with Gasteiger partial charge in [-0.25, -0.2) is 4.98 Å². The van der Waals surface area contributed by atoms with Gasteiger partial charge in [-0.05, 0) is 36.6 Å². The average Bonchev–Trinajstić information content (AvgIpc) is 2.64. The van der Waals surface area contributed by atoms with Crippen LogP contribution in [0.3, 0.4) is 0 Å². The van der Waals surface area contributed by atoms with Gasteiger partial charge in [-0.2, -0.15) is 4.98 Å². The van der Waals surface area contributed by atoms with Gasteiger partial charge in [0.2, 0.25) is 5.95 Å². The van der Waals surface area contributed by atoms with Crippen LogP contribution in [0.2, 0.25) is 5.02 Å². The SMILES string of the molecule is Cc1cc(N(C)Cc2ccccc2)nc(NCCc2ccc(Cl)cc2)n1. The zero-order valence-corrected chi connectivity index (χ0v) is 15.9. The van der Waals surface area contributed by atoms with Crippen molar-refractivity contribution in [2.24, 2.45) is 0 Å². The summed E-state index contributed by atoms with van der Waals surface area (Å²) in [6, 6.07) is 20.3.